The van der Waals surface area contributed by atoms with Crippen molar-refractivity contribution in [2.45, 2.75) is 123 Å². The van der Waals surface area contributed by atoms with Gasteiger partial charge in [-0.05, 0) is 27.4 Å². The monoisotopic (exact) mass is 385 g/mol. The molecule has 4 heteroatoms. The van der Waals surface area contributed by atoms with Crippen molar-refractivity contribution in [1.29, 1.82) is 0 Å². The van der Waals surface area contributed by atoms with E-state index < -0.39 is 11.8 Å². The molecule has 0 aromatic rings. The third-order valence-corrected chi connectivity index (χ3v) is 5.64. The molecule has 0 spiro atoms. The van der Waals surface area contributed by atoms with E-state index in [1.807, 2.05) is 32.8 Å². The summed E-state index contributed by atoms with van der Waals surface area (Å²) in [5.74, 6) is -0.191. The van der Waals surface area contributed by atoms with Gasteiger partial charge < -0.3 is 9.84 Å². The summed E-state index contributed by atoms with van der Waals surface area (Å²) < 4.78 is 5.76. The first-order chi connectivity index (χ1) is 12.8. The third kappa shape index (κ3) is 10.5. The van der Waals surface area contributed by atoms with Gasteiger partial charge in [-0.25, -0.2) is 0 Å². The normalized spacial score (nSPS) is 15.1. The summed E-state index contributed by atoms with van der Waals surface area (Å²) in [5, 5.41) is 10.2. The number of aliphatic hydroxyl groups excluding tert-OH is 1. The van der Waals surface area contributed by atoms with Crippen LogP contribution in [-0.4, -0.2) is 41.9 Å². The number of nitrogens with zero attached hydrogens (tertiary/aromatic N) is 1. The van der Waals surface area contributed by atoms with Crippen LogP contribution in [0.3, 0.4) is 0 Å². The lowest BCUT2D eigenvalue weighted by atomic mass is 9.92. The Balaban J connectivity index is 3.85. The van der Waals surface area contributed by atoms with Crippen LogP contribution in [-0.2, 0) is 9.53 Å². The molecule has 0 aliphatic rings. The van der Waals surface area contributed by atoms with Gasteiger partial charge >= 0.3 is 5.97 Å². The van der Waals surface area contributed by atoms with E-state index in [2.05, 4.69) is 6.92 Å². The quantitative estimate of drug-likeness (QED) is 0.192. The van der Waals surface area contributed by atoms with E-state index in [9.17, 15) is 9.90 Å². The summed E-state index contributed by atoms with van der Waals surface area (Å²) in [7, 11) is 3.70. The molecule has 162 valence electrons. The van der Waals surface area contributed by atoms with E-state index in [1.54, 1.807) is 6.92 Å². The zero-order valence-electron chi connectivity index (χ0n) is 19.1. The Labute approximate surface area is 169 Å². The van der Waals surface area contributed by atoms with E-state index in [4.69, 9.17) is 4.74 Å². The number of carbonyl (C=O) groups excluding carboxylic acids is 1. The predicted molar refractivity (Wildman–Crippen MR) is 115 cm³/mol. The van der Waals surface area contributed by atoms with Gasteiger partial charge in [0, 0.05) is 12.3 Å². The molecule has 0 amide bonds. The van der Waals surface area contributed by atoms with E-state index in [-0.39, 0.29) is 11.9 Å². The molecule has 0 radical (unpaired) electrons. The molecule has 4 nitrogen and oxygen atoms in total. The number of esters is 1. The lowest BCUT2D eigenvalue weighted by Gasteiger charge is -2.44. The number of aliphatic hydroxyl groups is 1. The summed E-state index contributed by atoms with van der Waals surface area (Å²) in [5.41, 5.74) is -0.950. The number of ether oxygens (including phenoxy) is 1. The highest BCUT2D eigenvalue weighted by Gasteiger charge is 2.44. The van der Waals surface area contributed by atoms with E-state index in [0.29, 0.717) is 6.42 Å². The molecule has 2 atom stereocenters. The fourth-order valence-corrected chi connectivity index (χ4v) is 4.01. The molecule has 0 aromatic carbocycles. The molecule has 0 saturated carbocycles. The number of carbonyl (C=O) groups is 1. The number of rotatable bonds is 17. The topological polar surface area (TPSA) is 49.8 Å². The lowest BCUT2D eigenvalue weighted by molar-refractivity contribution is -0.220. The van der Waals surface area contributed by atoms with Gasteiger partial charge in [0.1, 0.15) is 6.10 Å². The first-order valence-electron chi connectivity index (χ1n) is 11.4. The van der Waals surface area contributed by atoms with Crippen molar-refractivity contribution >= 4 is 5.97 Å². The van der Waals surface area contributed by atoms with E-state index in [1.165, 1.54) is 64.2 Å². The maximum absolute atomic E-state index is 12.3. The fourth-order valence-electron chi connectivity index (χ4n) is 4.01. The van der Waals surface area contributed by atoms with Gasteiger partial charge in [-0.2, -0.15) is 0 Å². The maximum Gasteiger partial charge on any atom is 0.307 e. The SMILES string of the molecule is CCCCCCCCCCCCCCC(=O)OC(C(C)C)(C(C)O)N(C)C. The van der Waals surface area contributed by atoms with Crippen LogP contribution in [0.5, 0.6) is 0 Å². The van der Waals surface area contributed by atoms with Crippen molar-refractivity contribution < 1.29 is 14.6 Å². The first-order valence-corrected chi connectivity index (χ1v) is 11.4. The molecule has 2 unspecified atom stereocenters. The van der Waals surface area contributed by atoms with Crippen LogP contribution in [0.25, 0.3) is 0 Å². The molecular weight excluding hydrogens is 338 g/mol. The minimum Gasteiger partial charge on any atom is -0.441 e. The summed E-state index contributed by atoms with van der Waals surface area (Å²) >= 11 is 0. The van der Waals surface area contributed by atoms with Crippen molar-refractivity contribution in [2.24, 2.45) is 5.92 Å². The largest absolute Gasteiger partial charge is 0.441 e. The molecule has 0 fully saturated rings. The second kappa shape index (κ2) is 15.3. The average molecular weight is 386 g/mol. The Bertz CT molecular complexity index is 345. The molecule has 0 saturated heterocycles. The van der Waals surface area contributed by atoms with Crippen LogP contribution < -0.4 is 0 Å². The minimum atomic E-state index is -0.950. The van der Waals surface area contributed by atoms with Gasteiger partial charge in [0.15, 0.2) is 5.72 Å². The molecule has 1 N–H and O–H groups in total. The Kier molecular flexibility index (Phi) is 15.0. The Morgan fingerprint density at radius 3 is 1.59 bits per heavy atom. The summed E-state index contributed by atoms with van der Waals surface area (Å²) in [6.45, 7) is 7.90. The highest BCUT2D eigenvalue weighted by atomic mass is 16.6. The van der Waals surface area contributed by atoms with Gasteiger partial charge in [-0.3, -0.25) is 9.69 Å². The molecule has 0 bridgehead atoms. The second-order valence-corrected chi connectivity index (χ2v) is 8.59. The summed E-state index contributed by atoms with van der Waals surface area (Å²) in [6.07, 6.45) is 15.0. The Morgan fingerprint density at radius 2 is 1.26 bits per heavy atom. The van der Waals surface area contributed by atoms with Crippen molar-refractivity contribution in [3.63, 3.8) is 0 Å². The molecule has 0 aliphatic heterocycles. The standard InChI is InChI=1S/C23H47NO3/c1-7-8-9-10-11-12-13-14-15-16-17-18-19-22(26)27-23(20(2)3,21(4)25)24(5)6/h20-21,25H,7-19H2,1-6H3. The second-order valence-electron chi connectivity index (χ2n) is 8.59. The molecule has 0 aliphatic carbocycles. The van der Waals surface area contributed by atoms with Crippen molar-refractivity contribution in [2.75, 3.05) is 14.1 Å². The van der Waals surface area contributed by atoms with Crippen LogP contribution >= 0.6 is 0 Å². The van der Waals surface area contributed by atoms with Gasteiger partial charge in [0.05, 0.1) is 0 Å². The van der Waals surface area contributed by atoms with Crippen LogP contribution in [0.1, 0.15) is 111 Å². The van der Waals surface area contributed by atoms with Crippen molar-refractivity contribution in [3.05, 3.63) is 0 Å². The summed E-state index contributed by atoms with van der Waals surface area (Å²) in [4.78, 5) is 14.1. The van der Waals surface area contributed by atoms with Gasteiger partial charge in [-0.1, -0.05) is 91.4 Å². The third-order valence-electron chi connectivity index (χ3n) is 5.64. The Hall–Kier alpha value is -0.610. The zero-order valence-corrected chi connectivity index (χ0v) is 19.1. The van der Waals surface area contributed by atoms with Crippen LogP contribution in [0.2, 0.25) is 0 Å². The van der Waals surface area contributed by atoms with Gasteiger partial charge in [0.2, 0.25) is 0 Å². The Morgan fingerprint density at radius 1 is 0.852 bits per heavy atom. The molecule has 27 heavy (non-hydrogen) atoms. The van der Waals surface area contributed by atoms with E-state index >= 15 is 0 Å². The lowest BCUT2D eigenvalue weighted by Crippen LogP contribution is -2.59. The minimum absolute atomic E-state index is 0.0124. The first kappa shape index (κ1) is 26.4. The molecule has 0 aromatic heterocycles. The zero-order chi connectivity index (χ0) is 20.7. The van der Waals surface area contributed by atoms with Gasteiger partial charge in [-0.15, -0.1) is 0 Å². The van der Waals surface area contributed by atoms with Crippen LogP contribution in [0.15, 0.2) is 0 Å². The summed E-state index contributed by atoms with van der Waals surface area (Å²) in [6, 6.07) is 0. The van der Waals surface area contributed by atoms with Crippen LogP contribution in [0.4, 0.5) is 0 Å². The number of hydrogen-bond donors (Lipinski definition) is 1. The molecule has 0 rings (SSSR count). The number of likely N-dealkylation sites (N-methyl/N-ethyl adjacent to an activating group) is 1. The maximum atomic E-state index is 12.3. The van der Waals surface area contributed by atoms with Crippen molar-refractivity contribution in [1.82, 2.24) is 4.90 Å². The fraction of sp³-hybridized carbons (Fsp3) is 0.957. The number of hydrogen-bond acceptors (Lipinski definition) is 4. The van der Waals surface area contributed by atoms with Crippen molar-refractivity contribution in [3.8, 4) is 0 Å². The molecular formula is C23H47NO3. The van der Waals surface area contributed by atoms with E-state index in [0.717, 1.165) is 12.8 Å². The number of unbranched alkanes of at least 4 members (excludes halogenated alkanes) is 11. The highest BCUT2D eigenvalue weighted by Crippen LogP contribution is 2.29. The smallest absolute Gasteiger partial charge is 0.307 e. The molecule has 0 heterocycles. The van der Waals surface area contributed by atoms with Gasteiger partial charge in [0.25, 0.3) is 0 Å². The highest BCUT2D eigenvalue weighted by molar-refractivity contribution is 5.69. The predicted octanol–water partition coefficient (Wildman–Crippen LogP) is 5.92. The van der Waals surface area contributed by atoms with Crippen LogP contribution in [0, 0.1) is 5.92 Å². The average Bonchev–Trinajstić information content (AvgIpc) is 2.59.